The van der Waals surface area contributed by atoms with Crippen molar-refractivity contribution >= 4 is 5.69 Å². The van der Waals surface area contributed by atoms with Crippen LogP contribution in [-0.4, -0.2) is 4.98 Å². The Morgan fingerprint density at radius 1 is 1.31 bits per heavy atom. The van der Waals surface area contributed by atoms with E-state index in [0.717, 1.165) is 0 Å². The molecule has 1 aromatic rings. The van der Waals surface area contributed by atoms with Crippen LogP contribution in [0.3, 0.4) is 0 Å². The van der Waals surface area contributed by atoms with Gasteiger partial charge in [0.1, 0.15) is 5.69 Å². The number of alkyl halides is 5. The average molecular weight is 241 g/mol. The van der Waals surface area contributed by atoms with Crippen molar-refractivity contribution in [2.75, 3.05) is 5.73 Å². The highest BCUT2D eigenvalue weighted by atomic mass is 19.4. The maximum absolute atomic E-state index is 12.4. The van der Waals surface area contributed by atoms with Gasteiger partial charge in [-0.2, -0.15) is 13.2 Å². The van der Waals surface area contributed by atoms with Crippen LogP contribution in [0, 0.1) is 0 Å². The van der Waals surface area contributed by atoms with E-state index in [1.54, 1.807) is 0 Å². The lowest BCUT2D eigenvalue weighted by molar-refractivity contribution is -0.141. The van der Waals surface area contributed by atoms with Crippen molar-refractivity contribution in [1.29, 1.82) is 0 Å². The van der Waals surface area contributed by atoms with E-state index < -0.39 is 41.8 Å². The van der Waals surface area contributed by atoms with Gasteiger partial charge in [0.15, 0.2) is 0 Å². The largest absolute Gasteiger partial charge is 0.433 e. The summed E-state index contributed by atoms with van der Waals surface area (Å²) in [7, 11) is 0. The van der Waals surface area contributed by atoms with Crippen molar-refractivity contribution in [2.45, 2.75) is 19.1 Å². The SMILES string of the molecule is NCc1nc(C(F)(F)F)cc(N)c1C(F)F. The van der Waals surface area contributed by atoms with Gasteiger partial charge in [-0.15, -0.1) is 0 Å². The first-order valence-corrected chi connectivity index (χ1v) is 4.12. The van der Waals surface area contributed by atoms with E-state index in [1.165, 1.54) is 0 Å². The van der Waals surface area contributed by atoms with Gasteiger partial charge in [0.05, 0.1) is 11.3 Å². The molecule has 1 heterocycles. The van der Waals surface area contributed by atoms with Crippen LogP contribution >= 0.6 is 0 Å². The van der Waals surface area contributed by atoms with Gasteiger partial charge in [-0.1, -0.05) is 0 Å². The van der Waals surface area contributed by atoms with Crippen LogP contribution in [-0.2, 0) is 12.7 Å². The molecule has 0 bridgehead atoms. The van der Waals surface area contributed by atoms with Gasteiger partial charge >= 0.3 is 6.18 Å². The highest BCUT2D eigenvalue weighted by Gasteiger charge is 2.34. The van der Waals surface area contributed by atoms with Gasteiger partial charge in [-0.3, -0.25) is 0 Å². The number of halogens is 5. The zero-order valence-corrected chi connectivity index (χ0v) is 7.85. The second-order valence-electron chi connectivity index (χ2n) is 2.96. The minimum absolute atomic E-state index is 0.376. The van der Waals surface area contributed by atoms with Crippen molar-refractivity contribution in [3.63, 3.8) is 0 Å². The van der Waals surface area contributed by atoms with Gasteiger partial charge in [-0.25, -0.2) is 13.8 Å². The third-order valence-electron chi connectivity index (χ3n) is 1.87. The average Bonchev–Trinajstić information content (AvgIpc) is 2.14. The predicted molar refractivity (Wildman–Crippen MR) is 46.5 cm³/mol. The smallest absolute Gasteiger partial charge is 0.398 e. The monoisotopic (exact) mass is 241 g/mol. The Morgan fingerprint density at radius 2 is 1.88 bits per heavy atom. The molecule has 0 saturated heterocycles. The number of nitrogens with two attached hydrogens (primary N) is 2. The lowest BCUT2D eigenvalue weighted by atomic mass is 10.1. The molecule has 0 unspecified atom stereocenters. The van der Waals surface area contributed by atoms with Crippen LogP contribution < -0.4 is 11.5 Å². The summed E-state index contributed by atoms with van der Waals surface area (Å²) in [5, 5.41) is 0. The molecule has 1 rings (SSSR count). The molecule has 0 radical (unpaired) electrons. The van der Waals surface area contributed by atoms with Crippen LogP contribution in [0.5, 0.6) is 0 Å². The van der Waals surface area contributed by atoms with Crippen LogP contribution in [0.2, 0.25) is 0 Å². The van der Waals surface area contributed by atoms with Crippen LogP contribution in [0.1, 0.15) is 23.4 Å². The predicted octanol–water partition coefficient (Wildman–Crippen LogP) is 2.08. The lowest BCUT2D eigenvalue weighted by Crippen LogP contribution is -2.15. The van der Waals surface area contributed by atoms with Gasteiger partial charge in [0, 0.05) is 12.2 Å². The molecule has 0 spiro atoms. The molecule has 0 saturated carbocycles. The molecule has 90 valence electrons. The zero-order valence-electron chi connectivity index (χ0n) is 7.85. The third kappa shape index (κ3) is 2.38. The molecule has 0 aromatic carbocycles. The Bertz CT molecular complexity index is 388. The van der Waals surface area contributed by atoms with Crippen molar-refractivity contribution in [1.82, 2.24) is 4.98 Å². The first-order valence-electron chi connectivity index (χ1n) is 4.12. The molecule has 0 fully saturated rings. The second kappa shape index (κ2) is 4.20. The standard InChI is InChI=1S/C8H8F5N3/c9-7(10)6-3(15)1-5(8(11,12)13)16-4(6)2-14/h1,7H,2,14H2,(H2,15,16). The normalized spacial score (nSPS) is 12.2. The van der Waals surface area contributed by atoms with E-state index in [9.17, 15) is 22.0 Å². The van der Waals surface area contributed by atoms with E-state index in [0.29, 0.717) is 6.07 Å². The Balaban J connectivity index is 3.38. The van der Waals surface area contributed by atoms with E-state index in [-0.39, 0.29) is 0 Å². The van der Waals surface area contributed by atoms with Crippen molar-refractivity contribution in [3.8, 4) is 0 Å². The molecule has 4 N–H and O–H groups in total. The quantitative estimate of drug-likeness (QED) is 0.779. The van der Waals surface area contributed by atoms with E-state index >= 15 is 0 Å². The fraction of sp³-hybridized carbons (Fsp3) is 0.375. The van der Waals surface area contributed by atoms with Gasteiger partial charge < -0.3 is 11.5 Å². The first kappa shape index (κ1) is 12.6. The summed E-state index contributed by atoms with van der Waals surface area (Å²) in [5.74, 6) is 0. The molecular formula is C8H8F5N3. The summed E-state index contributed by atoms with van der Waals surface area (Å²) in [6.07, 6.45) is -7.74. The van der Waals surface area contributed by atoms with Crippen molar-refractivity contribution in [2.24, 2.45) is 5.73 Å². The van der Waals surface area contributed by atoms with Crippen molar-refractivity contribution in [3.05, 3.63) is 23.0 Å². The highest BCUT2D eigenvalue weighted by molar-refractivity contribution is 5.51. The minimum Gasteiger partial charge on any atom is -0.398 e. The summed E-state index contributed by atoms with van der Waals surface area (Å²) in [6, 6.07) is 0.376. The number of aromatic nitrogens is 1. The zero-order chi connectivity index (χ0) is 12.5. The maximum atomic E-state index is 12.4. The minimum atomic E-state index is -4.74. The topological polar surface area (TPSA) is 64.9 Å². The van der Waals surface area contributed by atoms with Crippen LogP contribution in [0.4, 0.5) is 27.6 Å². The molecule has 0 aliphatic rings. The van der Waals surface area contributed by atoms with E-state index in [1.807, 2.05) is 0 Å². The number of pyridine rings is 1. The molecular weight excluding hydrogens is 233 g/mol. The number of hydrogen-bond acceptors (Lipinski definition) is 3. The summed E-state index contributed by atoms with van der Waals surface area (Å²) < 4.78 is 61.7. The van der Waals surface area contributed by atoms with Crippen LogP contribution in [0.15, 0.2) is 6.07 Å². The Kier molecular flexibility index (Phi) is 3.32. The first-order chi connectivity index (χ1) is 7.27. The molecule has 0 atom stereocenters. The molecule has 16 heavy (non-hydrogen) atoms. The van der Waals surface area contributed by atoms with E-state index in [2.05, 4.69) is 4.98 Å². The highest BCUT2D eigenvalue weighted by Crippen LogP contribution is 2.34. The maximum Gasteiger partial charge on any atom is 0.433 e. The summed E-state index contributed by atoms with van der Waals surface area (Å²) in [5.41, 5.74) is 6.91. The second-order valence-corrected chi connectivity index (χ2v) is 2.96. The van der Waals surface area contributed by atoms with Gasteiger partial charge in [-0.05, 0) is 6.07 Å². The van der Waals surface area contributed by atoms with Crippen LogP contribution in [0.25, 0.3) is 0 Å². The fourth-order valence-electron chi connectivity index (χ4n) is 1.18. The van der Waals surface area contributed by atoms with E-state index in [4.69, 9.17) is 11.5 Å². The lowest BCUT2D eigenvalue weighted by Gasteiger charge is -2.13. The molecule has 0 aliphatic heterocycles. The number of hydrogen-bond donors (Lipinski definition) is 2. The summed E-state index contributed by atoms with van der Waals surface area (Å²) in [6.45, 7) is -0.534. The Labute approximate surface area is 87.3 Å². The number of nitrogens with zero attached hydrogens (tertiary/aromatic N) is 1. The molecule has 8 heteroatoms. The third-order valence-corrected chi connectivity index (χ3v) is 1.87. The van der Waals surface area contributed by atoms with Crippen molar-refractivity contribution < 1.29 is 22.0 Å². The summed E-state index contributed by atoms with van der Waals surface area (Å²) >= 11 is 0. The molecule has 0 amide bonds. The number of rotatable bonds is 2. The number of nitrogen functional groups attached to an aromatic ring is 1. The van der Waals surface area contributed by atoms with Gasteiger partial charge in [0.25, 0.3) is 6.43 Å². The number of anilines is 1. The molecule has 0 aliphatic carbocycles. The fourth-order valence-corrected chi connectivity index (χ4v) is 1.18. The molecule has 1 aromatic heterocycles. The Morgan fingerprint density at radius 3 is 2.25 bits per heavy atom. The molecule has 3 nitrogen and oxygen atoms in total. The Hall–Kier alpha value is -1.44. The summed E-state index contributed by atoms with van der Waals surface area (Å²) in [4.78, 5) is 3.03. The van der Waals surface area contributed by atoms with Gasteiger partial charge in [0.2, 0.25) is 0 Å².